The summed E-state index contributed by atoms with van der Waals surface area (Å²) in [5.74, 6) is -0.914. The van der Waals surface area contributed by atoms with E-state index in [4.69, 9.17) is 10.00 Å². The average molecular weight is 365 g/mol. The van der Waals surface area contributed by atoms with Gasteiger partial charge in [0.05, 0.1) is 34.0 Å². The van der Waals surface area contributed by atoms with Gasteiger partial charge < -0.3 is 9.64 Å². The smallest absolute Gasteiger partial charge is 0.338 e. The predicted molar refractivity (Wildman–Crippen MR) is 97.5 cm³/mol. The molecule has 1 amide bonds. The summed E-state index contributed by atoms with van der Waals surface area (Å²) in [5, 5.41) is 9.57. The maximum Gasteiger partial charge on any atom is 0.338 e. The highest BCUT2D eigenvalue weighted by Gasteiger charge is 2.15. The number of likely N-dealkylation sites (N-methyl/N-ethyl adjacent to an activating group) is 1. The first-order valence-corrected chi connectivity index (χ1v) is 8.64. The molecule has 7 heteroatoms. The second-order valence-electron chi connectivity index (χ2n) is 5.59. The van der Waals surface area contributed by atoms with Crippen molar-refractivity contribution in [2.45, 2.75) is 6.54 Å². The van der Waals surface area contributed by atoms with Crippen molar-refractivity contribution >= 4 is 33.4 Å². The molecule has 0 saturated carbocycles. The number of carbonyl (C=O) groups excluding carboxylic acids is 2. The molecule has 0 atom stereocenters. The third-order valence-corrected chi connectivity index (χ3v) is 4.73. The topological polar surface area (TPSA) is 83.3 Å². The summed E-state index contributed by atoms with van der Waals surface area (Å²) in [7, 11) is 1.64. The van der Waals surface area contributed by atoms with E-state index in [1.807, 2.05) is 30.3 Å². The van der Waals surface area contributed by atoms with Crippen LogP contribution in [0.5, 0.6) is 0 Å². The van der Waals surface area contributed by atoms with Crippen LogP contribution in [-0.2, 0) is 16.1 Å². The van der Waals surface area contributed by atoms with Crippen LogP contribution in [0.25, 0.3) is 10.2 Å². The van der Waals surface area contributed by atoms with E-state index in [9.17, 15) is 9.59 Å². The first-order chi connectivity index (χ1) is 12.6. The third-order valence-electron chi connectivity index (χ3n) is 3.71. The molecule has 0 radical (unpaired) electrons. The number of esters is 1. The molecule has 0 fully saturated rings. The van der Waals surface area contributed by atoms with Crippen molar-refractivity contribution in [3.05, 3.63) is 64.7 Å². The van der Waals surface area contributed by atoms with E-state index in [2.05, 4.69) is 4.98 Å². The lowest BCUT2D eigenvalue weighted by Gasteiger charge is -2.15. The summed E-state index contributed by atoms with van der Waals surface area (Å²) in [6.07, 6.45) is 0. The van der Waals surface area contributed by atoms with Crippen LogP contribution < -0.4 is 0 Å². The maximum atomic E-state index is 12.2. The zero-order valence-electron chi connectivity index (χ0n) is 14.0. The second-order valence-corrected chi connectivity index (χ2v) is 6.71. The highest BCUT2D eigenvalue weighted by Crippen LogP contribution is 2.22. The number of nitrogens with zero attached hydrogens (tertiary/aromatic N) is 3. The van der Waals surface area contributed by atoms with Crippen molar-refractivity contribution in [1.29, 1.82) is 5.26 Å². The summed E-state index contributed by atoms with van der Waals surface area (Å²) in [5.41, 5.74) is 1.65. The van der Waals surface area contributed by atoms with Crippen LogP contribution in [0, 0.1) is 11.3 Å². The van der Waals surface area contributed by atoms with Crippen LogP contribution in [-0.4, -0.2) is 35.4 Å². The van der Waals surface area contributed by atoms with E-state index in [1.54, 1.807) is 7.05 Å². The SMILES string of the molecule is CN(Cc1nc2ccccc2s1)C(=O)COC(=O)c1ccc(C#N)cc1. The fourth-order valence-electron chi connectivity index (χ4n) is 2.28. The van der Waals surface area contributed by atoms with Crippen LogP contribution in [0.4, 0.5) is 0 Å². The zero-order chi connectivity index (χ0) is 18.5. The lowest BCUT2D eigenvalue weighted by Crippen LogP contribution is -2.30. The summed E-state index contributed by atoms with van der Waals surface area (Å²) < 4.78 is 6.12. The number of fused-ring (bicyclic) bond motifs is 1. The molecule has 0 unspecified atom stereocenters. The minimum absolute atomic E-state index is 0.297. The molecule has 0 aliphatic heterocycles. The Morgan fingerprint density at radius 1 is 1.19 bits per heavy atom. The molecule has 0 bridgehead atoms. The highest BCUT2D eigenvalue weighted by atomic mass is 32.1. The van der Waals surface area contributed by atoms with Gasteiger partial charge in [-0.3, -0.25) is 4.79 Å². The van der Waals surface area contributed by atoms with Crippen molar-refractivity contribution in [3.8, 4) is 6.07 Å². The second kappa shape index (κ2) is 7.76. The summed E-state index contributed by atoms with van der Waals surface area (Å²) in [4.78, 5) is 30.1. The third kappa shape index (κ3) is 4.05. The molecule has 0 spiro atoms. The lowest BCUT2D eigenvalue weighted by molar-refractivity contribution is -0.133. The van der Waals surface area contributed by atoms with E-state index in [-0.39, 0.29) is 12.5 Å². The van der Waals surface area contributed by atoms with E-state index < -0.39 is 5.97 Å². The van der Waals surface area contributed by atoms with E-state index in [0.717, 1.165) is 15.2 Å². The largest absolute Gasteiger partial charge is 0.452 e. The molecular formula is C19H15N3O3S. The van der Waals surface area contributed by atoms with Crippen molar-refractivity contribution in [1.82, 2.24) is 9.88 Å². The van der Waals surface area contributed by atoms with Crippen LogP contribution >= 0.6 is 11.3 Å². The quantitative estimate of drug-likeness (QED) is 0.649. The van der Waals surface area contributed by atoms with Gasteiger partial charge in [0, 0.05) is 7.05 Å². The Bertz CT molecular complexity index is 956. The fourth-order valence-corrected chi connectivity index (χ4v) is 3.30. The van der Waals surface area contributed by atoms with Gasteiger partial charge in [-0.25, -0.2) is 9.78 Å². The van der Waals surface area contributed by atoms with Crippen molar-refractivity contribution < 1.29 is 14.3 Å². The van der Waals surface area contributed by atoms with Crippen LogP contribution in [0.15, 0.2) is 48.5 Å². The minimum atomic E-state index is -0.601. The van der Waals surface area contributed by atoms with Crippen molar-refractivity contribution in [2.24, 2.45) is 0 Å². The molecule has 0 aliphatic rings. The van der Waals surface area contributed by atoms with Crippen LogP contribution in [0.1, 0.15) is 20.9 Å². The number of thiazole rings is 1. The predicted octanol–water partition coefficient (Wildman–Crippen LogP) is 2.98. The maximum absolute atomic E-state index is 12.2. The number of benzene rings is 2. The number of carbonyl (C=O) groups is 2. The average Bonchev–Trinajstić information content (AvgIpc) is 3.08. The van der Waals surface area contributed by atoms with Gasteiger partial charge in [0.2, 0.25) is 0 Å². The Balaban J connectivity index is 1.55. The number of aromatic nitrogens is 1. The van der Waals surface area contributed by atoms with Gasteiger partial charge in [-0.1, -0.05) is 12.1 Å². The van der Waals surface area contributed by atoms with E-state index in [0.29, 0.717) is 17.7 Å². The van der Waals surface area contributed by atoms with Gasteiger partial charge in [0.1, 0.15) is 5.01 Å². The van der Waals surface area contributed by atoms with Crippen molar-refractivity contribution in [3.63, 3.8) is 0 Å². The Kier molecular flexibility index (Phi) is 5.25. The molecule has 0 N–H and O–H groups in total. The Hall–Kier alpha value is -3.24. The normalized spacial score (nSPS) is 10.3. The van der Waals surface area contributed by atoms with E-state index in [1.165, 1.54) is 40.5 Å². The Labute approximate surface area is 154 Å². The molecule has 26 heavy (non-hydrogen) atoms. The van der Waals surface area contributed by atoms with Gasteiger partial charge in [-0.05, 0) is 36.4 Å². The molecular weight excluding hydrogens is 350 g/mol. The molecule has 3 aromatic rings. The molecule has 1 aromatic heterocycles. The molecule has 1 heterocycles. The number of rotatable bonds is 5. The van der Waals surface area contributed by atoms with Gasteiger partial charge in [0.25, 0.3) is 5.91 Å². The number of amides is 1. The summed E-state index contributed by atoms with van der Waals surface area (Å²) >= 11 is 1.53. The van der Waals surface area contributed by atoms with Gasteiger partial charge in [0.15, 0.2) is 6.61 Å². The molecule has 2 aromatic carbocycles. The van der Waals surface area contributed by atoms with Crippen molar-refractivity contribution in [2.75, 3.05) is 13.7 Å². The Morgan fingerprint density at radius 3 is 2.62 bits per heavy atom. The van der Waals surface area contributed by atoms with Gasteiger partial charge in [-0.15, -0.1) is 11.3 Å². The van der Waals surface area contributed by atoms with Gasteiger partial charge >= 0.3 is 5.97 Å². The summed E-state index contributed by atoms with van der Waals surface area (Å²) in [6.45, 7) is 0.00677. The molecule has 0 aliphatic carbocycles. The first kappa shape index (κ1) is 17.6. The minimum Gasteiger partial charge on any atom is -0.452 e. The molecule has 6 nitrogen and oxygen atoms in total. The first-order valence-electron chi connectivity index (χ1n) is 7.82. The number of ether oxygens (including phenoxy) is 1. The molecule has 3 rings (SSSR count). The number of hydrogen-bond acceptors (Lipinski definition) is 6. The fraction of sp³-hybridized carbons (Fsp3) is 0.158. The number of para-hydroxylation sites is 1. The van der Waals surface area contributed by atoms with Gasteiger partial charge in [-0.2, -0.15) is 5.26 Å². The Morgan fingerprint density at radius 2 is 1.92 bits per heavy atom. The summed E-state index contributed by atoms with van der Waals surface area (Å²) in [6, 6.07) is 15.8. The highest BCUT2D eigenvalue weighted by molar-refractivity contribution is 7.18. The molecule has 130 valence electrons. The standard InChI is InChI=1S/C19H15N3O3S/c1-22(11-17-21-15-4-2-3-5-16(15)26-17)18(23)12-25-19(24)14-8-6-13(10-20)7-9-14/h2-9H,11-12H2,1H3. The lowest BCUT2D eigenvalue weighted by atomic mass is 10.1. The number of hydrogen-bond donors (Lipinski definition) is 0. The monoisotopic (exact) mass is 365 g/mol. The van der Waals surface area contributed by atoms with Crippen LogP contribution in [0.2, 0.25) is 0 Å². The molecule has 0 saturated heterocycles. The number of nitriles is 1. The van der Waals surface area contributed by atoms with E-state index >= 15 is 0 Å². The van der Waals surface area contributed by atoms with Crippen LogP contribution in [0.3, 0.4) is 0 Å². The zero-order valence-corrected chi connectivity index (χ0v) is 14.8.